The van der Waals surface area contributed by atoms with Gasteiger partial charge in [-0.1, -0.05) is 13.8 Å². The molecule has 2 aromatic rings. The molecule has 1 saturated heterocycles. The first-order valence-corrected chi connectivity index (χ1v) is 21.5. The van der Waals surface area contributed by atoms with Gasteiger partial charge in [-0.15, -0.1) is 0 Å². The Bertz CT molecular complexity index is 1680. The average Bonchev–Trinajstić information content (AvgIpc) is 3.62. The van der Waals surface area contributed by atoms with Gasteiger partial charge in [-0.3, -0.25) is 27.7 Å². The number of nitrogen functional groups attached to an aromatic ring is 1. The summed E-state index contributed by atoms with van der Waals surface area (Å²) >= 11 is 1.67. The predicted molar refractivity (Wildman–Crippen MR) is 185 cm³/mol. The Labute approximate surface area is 307 Å². The topological polar surface area (TPSA) is 373 Å². The summed E-state index contributed by atoms with van der Waals surface area (Å²) in [6.07, 6.45) is -4.82. The van der Waals surface area contributed by atoms with Crippen molar-refractivity contribution in [2.45, 2.75) is 63.8 Å². The number of carbonyl (C=O) groups excluding carboxylic acids is 2. The van der Waals surface area contributed by atoms with Crippen molar-refractivity contribution in [3.63, 3.8) is 0 Å². The fourth-order valence-corrected chi connectivity index (χ4v) is 8.34. The number of nitrogens with one attached hydrogen (secondary N) is 2. The Balaban J connectivity index is 1.51. The van der Waals surface area contributed by atoms with Gasteiger partial charge in [0.1, 0.15) is 36.3 Å². The van der Waals surface area contributed by atoms with Crippen molar-refractivity contribution in [3.8, 4) is 0 Å². The Morgan fingerprint density at radius 1 is 1.06 bits per heavy atom. The monoisotopic (exact) mass is 838 g/mol. The van der Waals surface area contributed by atoms with E-state index < -0.39 is 78.6 Å². The van der Waals surface area contributed by atoms with Crippen molar-refractivity contribution in [1.82, 2.24) is 30.2 Å². The van der Waals surface area contributed by atoms with Gasteiger partial charge < -0.3 is 56.6 Å². The van der Waals surface area contributed by atoms with E-state index in [9.17, 15) is 53.1 Å². The number of nitrogens with two attached hydrogens (primary N) is 2. The molecule has 12 N–H and O–H groups in total. The Hall–Kier alpha value is -2.15. The molecule has 0 radical (unpaired) electrons. The number of hydrogen-bond acceptors (Lipinski definition) is 18. The van der Waals surface area contributed by atoms with Gasteiger partial charge in [0, 0.05) is 30.7 Å². The average molecular weight is 839 g/mol. The SMILES string of the molecule is CC(C)(COP(=O)(O)OP(=O)(O)OC[C@H]1O[C@@H](n2cnc3c(N)ncnc32)[C@H](O)[C@@H]1OP(=O)(O)O)C(O)C(=O)NCCC(=O)NCCSCCCCN. The van der Waals surface area contributed by atoms with E-state index in [0.29, 0.717) is 18.8 Å². The lowest BCUT2D eigenvalue weighted by molar-refractivity contribution is -0.137. The number of aliphatic hydroxyl groups is 2. The first-order chi connectivity index (χ1) is 24.7. The van der Waals surface area contributed by atoms with Crippen molar-refractivity contribution >= 4 is 64.0 Å². The summed E-state index contributed by atoms with van der Waals surface area (Å²) < 4.78 is 62.0. The minimum absolute atomic E-state index is 0.0357. The number of nitrogens with zero attached hydrogens (tertiary/aromatic N) is 4. The zero-order chi connectivity index (χ0) is 39.6. The molecule has 2 amide bonds. The first-order valence-electron chi connectivity index (χ1n) is 15.8. The number of rotatable bonds is 23. The Kier molecular flexibility index (Phi) is 16.8. The number of phosphoric ester groups is 3. The number of imidazole rings is 1. The maximum absolute atomic E-state index is 12.6. The highest BCUT2D eigenvalue weighted by Crippen LogP contribution is 2.61. The molecule has 28 heteroatoms. The zero-order valence-corrected chi connectivity index (χ0v) is 32.1. The van der Waals surface area contributed by atoms with Gasteiger partial charge in [-0.05, 0) is 25.1 Å². The third-order valence-electron chi connectivity index (χ3n) is 7.39. The van der Waals surface area contributed by atoms with E-state index in [1.54, 1.807) is 11.8 Å². The van der Waals surface area contributed by atoms with Gasteiger partial charge in [-0.2, -0.15) is 16.1 Å². The number of anilines is 1. The summed E-state index contributed by atoms with van der Waals surface area (Å²) in [7, 11) is -16.3. The molecule has 7 atom stereocenters. The lowest BCUT2D eigenvalue weighted by atomic mass is 9.87. The summed E-state index contributed by atoms with van der Waals surface area (Å²) in [5, 5.41) is 26.5. The highest BCUT2D eigenvalue weighted by molar-refractivity contribution is 7.99. The van der Waals surface area contributed by atoms with Crippen LogP contribution in [-0.4, -0.2) is 130 Å². The second-order valence-corrected chi connectivity index (χ2v) is 17.6. The van der Waals surface area contributed by atoms with Crippen molar-refractivity contribution in [2.24, 2.45) is 11.1 Å². The second-order valence-electron chi connectivity index (χ2n) is 12.2. The quantitative estimate of drug-likeness (QED) is 0.0468. The predicted octanol–water partition coefficient (Wildman–Crippen LogP) is -1.12. The Morgan fingerprint density at radius 3 is 2.43 bits per heavy atom. The van der Waals surface area contributed by atoms with Crippen molar-refractivity contribution in [3.05, 3.63) is 12.7 Å². The molecule has 0 aromatic carbocycles. The molecule has 1 fully saturated rings. The molecule has 0 saturated carbocycles. The van der Waals surface area contributed by atoms with Gasteiger partial charge in [0.05, 0.1) is 19.5 Å². The number of thioether (sulfide) groups is 1. The highest BCUT2D eigenvalue weighted by atomic mass is 32.2. The molecule has 1 aliphatic rings. The van der Waals surface area contributed by atoms with Crippen molar-refractivity contribution in [1.29, 1.82) is 0 Å². The first kappa shape index (κ1) is 45.2. The fraction of sp³-hybridized carbons (Fsp3) is 0.720. The van der Waals surface area contributed by atoms with Crippen LogP contribution in [0.2, 0.25) is 0 Å². The van der Waals surface area contributed by atoms with Crippen LogP contribution in [0.5, 0.6) is 0 Å². The number of ether oxygens (including phenoxy) is 1. The standard InChI is InChI=1S/C25H45N8O16P3S/c1-25(2,20(36)23(37)29-7-5-16(34)28-8-10-53-9-4-3-6-26)12-46-52(43,44)49-51(41,42)45-11-15-19(48-50(38,39)40)18(35)24(47-15)33-14-32-17-21(27)30-13-31-22(17)33/h13-15,18-20,24,35-36H,3-12,26H2,1-2H3,(H,28,34)(H,29,37)(H,41,42)(H,43,44)(H2,27,30,31)(H2,38,39,40)/t15-,18-,19-,20?,24-/m1/s1. The molecule has 2 aromatic heterocycles. The summed E-state index contributed by atoms with van der Waals surface area (Å²) in [5.41, 5.74) is 9.75. The van der Waals surface area contributed by atoms with Gasteiger partial charge >= 0.3 is 23.5 Å². The number of carbonyl (C=O) groups is 2. The number of amides is 2. The Morgan fingerprint density at radius 2 is 1.75 bits per heavy atom. The number of aliphatic hydroxyl groups excluding tert-OH is 2. The molecule has 0 aliphatic carbocycles. The third-order valence-corrected chi connectivity index (χ3v) is 11.6. The molecule has 302 valence electrons. The molecule has 1 aliphatic heterocycles. The van der Waals surface area contributed by atoms with Crippen LogP contribution in [0.3, 0.4) is 0 Å². The second kappa shape index (κ2) is 19.6. The normalized spacial score (nSPS) is 22.3. The maximum Gasteiger partial charge on any atom is 0.481 e. The van der Waals surface area contributed by atoms with Gasteiger partial charge in [0.2, 0.25) is 11.8 Å². The summed E-state index contributed by atoms with van der Waals surface area (Å²) in [6, 6.07) is 0. The molecule has 24 nitrogen and oxygen atoms in total. The van der Waals surface area contributed by atoms with E-state index in [1.165, 1.54) is 13.8 Å². The third kappa shape index (κ3) is 14.1. The van der Waals surface area contributed by atoms with Crippen molar-refractivity contribution in [2.75, 3.05) is 50.1 Å². The molecule has 3 unspecified atom stereocenters. The van der Waals surface area contributed by atoms with Crippen LogP contribution in [0, 0.1) is 5.41 Å². The highest BCUT2D eigenvalue weighted by Gasteiger charge is 2.50. The summed E-state index contributed by atoms with van der Waals surface area (Å²) in [6.45, 7) is 1.50. The van der Waals surface area contributed by atoms with Gasteiger partial charge in [0.15, 0.2) is 17.7 Å². The van der Waals surface area contributed by atoms with E-state index in [1.807, 2.05) is 0 Å². The van der Waals surface area contributed by atoms with Gasteiger partial charge in [0.25, 0.3) is 0 Å². The molecular weight excluding hydrogens is 793 g/mol. The van der Waals surface area contributed by atoms with E-state index in [2.05, 4.69) is 34.4 Å². The molecule has 0 spiro atoms. The number of unbranched alkanes of at least 4 members (excludes halogenated alkanes) is 1. The van der Waals surface area contributed by atoms with Crippen LogP contribution in [-0.2, 0) is 45.9 Å². The van der Waals surface area contributed by atoms with Crippen LogP contribution in [0.1, 0.15) is 39.3 Å². The lowest BCUT2D eigenvalue weighted by Gasteiger charge is -2.30. The molecule has 0 bridgehead atoms. The number of phosphoric acid groups is 3. The number of hydrogen-bond donors (Lipinski definition) is 10. The molecule has 3 heterocycles. The molecule has 53 heavy (non-hydrogen) atoms. The summed E-state index contributed by atoms with van der Waals surface area (Å²) in [4.78, 5) is 75.4. The molecular formula is C25H45N8O16P3S. The maximum atomic E-state index is 12.6. The fourth-order valence-electron chi connectivity index (χ4n) is 4.65. The lowest BCUT2D eigenvalue weighted by Crippen LogP contribution is -2.46. The van der Waals surface area contributed by atoms with Crippen LogP contribution in [0.15, 0.2) is 12.7 Å². The van der Waals surface area contributed by atoms with Crippen LogP contribution < -0.4 is 22.1 Å². The minimum atomic E-state index is -5.55. The number of aromatic nitrogens is 4. The molecule has 3 rings (SSSR count). The van der Waals surface area contributed by atoms with Crippen molar-refractivity contribution < 1.29 is 75.7 Å². The smallest absolute Gasteiger partial charge is 0.386 e. The van der Waals surface area contributed by atoms with E-state index >= 15 is 0 Å². The van der Waals surface area contributed by atoms with Crippen LogP contribution in [0.25, 0.3) is 11.2 Å². The zero-order valence-electron chi connectivity index (χ0n) is 28.6. The van der Waals surface area contributed by atoms with E-state index in [0.717, 1.165) is 35.8 Å². The van der Waals surface area contributed by atoms with E-state index in [-0.39, 0.29) is 35.9 Å². The van der Waals surface area contributed by atoms with Crippen LogP contribution >= 0.6 is 35.2 Å². The van der Waals surface area contributed by atoms with Gasteiger partial charge in [-0.25, -0.2) is 28.6 Å². The number of fused-ring (bicyclic) bond motifs is 1. The summed E-state index contributed by atoms with van der Waals surface area (Å²) in [5.74, 6) is 0.333. The van der Waals surface area contributed by atoms with Crippen LogP contribution in [0.4, 0.5) is 5.82 Å². The minimum Gasteiger partial charge on any atom is -0.386 e. The van der Waals surface area contributed by atoms with E-state index in [4.69, 9.17) is 25.3 Å². The largest absolute Gasteiger partial charge is 0.481 e.